The number of rotatable bonds is 4. The van der Waals surface area contributed by atoms with E-state index in [1.807, 2.05) is 13.8 Å². The molecule has 1 amide bonds. The summed E-state index contributed by atoms with van der Waals surface area (Å²) in [5.41, 5.74) is 1.26. The molecule has 1 aromatic carbocycles. The maximum atomic E-state index is 14.4. The van der Waals surface area contributed by atoms with Gasteiger partial charge in [0.15, 0.2) is 5.11 Å². The van der Waals surface area contributed by atoms with Gasteiger partial charge < -0.3 is 15.5 Å². The Morgan fingerprint density at radius 3 is 2.61 bits per heavy atom. The molecule has 1 aliphatic rings. The minimum Gasteiger partial charge on any atom is -0.351 e. The molecule has 0 spiro atoms. The van der Waals surface area contributed by atoms with E-state index in [0.717, 1.165) is 0 Å². The van der Waals surface area contributed by atoms with E-state index in [2.05, 4.69) is 10.6 Å². The van der Waals surface area contributed by atoms with Gasteiger partial charge in [0, 0.05) is 29.4 Å². The van der Waals surface area contributed by atoms with Crippen LogP contribution in [0.2, 0.25) is 5.02 Å². The average Bonchev–Trinajstić information content (AvgIpc) is 2.47. The average molecular weight is 356 g/mol. The standard InChI is InChI=1S/C16H19ClFN3OS/c1-4-21(5-2)15(22)12-9(3)19-16(23)20-14(12)13-10(17)7-6-8-11(13)18/h6-8,14H,4-5H2,1-3H3,(H2,19,20,23)/t14-/m1/s1. The Morgan fingerprint density at radius 2 is 2.04 bits per heavy atom. The first-order chi connectivity index (χ1) is 10.9. The van der Waals surface area contributed by atoms with Gasteiger partial charge in [-0.2, -0.15) is 0 Å². The number of amides is 1. The van der Waals surface area contributed by atoms with Gasteiger partial charge in [-0.05, 0) is 45.1 Å². The SMILES string of the molecule is CCN(CC)C(=O)C1=C(C)NC(=S)N[C@H]1c1c(F)cccc1Cl. The molecule has 2 rings (SSSR count). The highest BCUT2D eigenvalue weighted by Crippen LogP contribution is 2.34. The van der Waals surface area contributed by atoms with Crippen LogP contribution in [0.5, 0.6) is 0 Å². The van der Waals surface area contributed by atoms with Crippen molar-refractivity contribution in [2.75, 3.05) is 13.1 Å². The number of benzene rings is 1. The number of thiocarbonyl (C=S) groups is 1. The van der Waals surface area contributed by atoms with Crippen molar-refractivity contribution < 1.29 is 9.18 Å². The van der Waals surface area contributed by atoms with E-state index in [1.165, 1.54) is 12.1 Å². The lowest BCUT2D eigenvalue weighted by Crippen LogP contribution is -2.48. The van der Waals surface area contributed by atoms with Crippen molar-refractivity contribution in [2.45, 2.75) is 26.8 Å². The van der Waals surface area contributed by atoms with Crippen molar-refractivity contribution in [1.82, 2.24) is 15.5 Å². The Hall–Kier alpha value is -1.66. The topological polar surface area (TPSA) is 44.4 Å². The minimum absolute atomic E-state index is 0.167. The number of carbonyl (C=O) groups is 1. The maximum absolute atomic E-state index is 14.4. The highest BCUT2D eigenvalue weighted by molar-refractivity contribution is 7.80. The molecule has 1 heterocycles. The zero-order valence-corrected chi connectivity index (χ0v) is 14.8. The van der Waals surface area contributed by atoms with Crippen molar-refractivity contribution in [3.05, 3.63) is 45.9 Å². The molecule has 1 aliphatic heterocycles. The van der Waals surface area contributed by atoms with E-state index in [9.17, 15) is 9.18 Å². The fourth-order valence-corrected chi connectivity index (χ4v) is 3.20. The van der Waals surface area contributed by atoms with Gasteiger partial charge in [0.25, 0.3) is 5.91 Å². The van der Waals surface area contributed by atoms with Gasteiger partial charge in [0.05, 0.1) is 11.6 Å². The molecule has 4 nitrogen and oxygen atoms in total. The summed E-state index contributed by atoms with van der Waals surface area (Å²) in [4.78, 5) is 14.5. The monoisotopic (exact) mass is 355 g/mol. The van der Waals surface area contributed by atoms with Gasteiger partial charge in [-0.1, -0.05) is 17.7 Å². The molecule has 0 unspecified atom stereocenters. The molecular formula is C16H19ClFN3OS. The predicted octanol–water partition coefficient (Wildman–Crippen LogP) is 3.14. The molecule has 0 saturated carbocycles. The van der Waals surface area contributed by atoms with E-state index < -0.39 is 11.9 Å². The molecule has 0 aliphatic carbocycles. The molecule has 0 bridgehead atoms. The quantitative estimate of drug-likeness (QED) is 0.814. The lowest BCUT2D eigenvalue weighted by atomic mass is 9.94. The van der Waals surface area contributed by atoms with Crippen LogP contribution in [-0.4, -0.2) is 29.0 Å². The molecule has 23 heavy (non-hydrogen) atoms. The third-order valence-electron chi connectivity index (χ3n) is 3.84. The molecule has 0 radical (unpaired) electrons. The summed E-state index contributed by atoms with van der Waals surface area (Å²) in [5.74, 6) is -0.642. The van der Waals surface area contributed by atoms with Crippen molar-refractivity contribution in [2.24, 2.45) is 0 Å². The van der Waals surface area contributed by atoms with Gasteiger partial charge in [-0.15, -0.1) is 0 Å². The number of nitrogens with one attached hydrogen (secondary N) is 2. The van der Waals surface area contributed by atoms with Crippen LogP contribution in [0.4, 0.5) is 4.39 Å². The Kier molecular flexibility index (Phi) is 5.59. The molecule has 7 heteroatoms. The Bertz CT molecular complexity index is 653. The lowest BCUT2D eigenvalue weighted by molar-refractivity contribution is -0.127. The van der Waals surface area contributed by atoms with Crippen molar-refractivity contribution in [1.29, 1.82) is 0 Å². The number of likely N-dealkylation sites (N-methyl/N-ethyl adjacent to an activating group) is 1. The third kappa shape index (κ3) is 3.48. The zero-order valence-electron chi connectivity index (χ0n) is 13.2. The van der Waals surface area contributed by atoms with Gasteiger partial charge in [0.1, 0.15) is 5.82 Å². The predicted molar refractivity (Wildman–Crippen MR) is 93.6 cm³/mol. The minimum atomic E-state index is -0.717. The largest absolute Gasteiger partial charge is 0.351 e. The second kappa shape index (κ2) is 7.27. The summed E-state index contributed by atoms with van der Waals surface area (Å²) in [6.07, 6.45) is 0. The van der Waals surface area contributed by atoms with Crippen LogP contribution in [0.15, 0.2) is 29.5 Å². The Morgan fingerprint density at radius 1 is 1.39 bits per heavy atom. The Balaban J connectivity index is 2.57. The fraction of sp³-hybridized carbons (Fsp3) is 0.375. The molecule has 0 fully saturated rings. The molecule has 1 atom stereocenters. The highest BCUT2D eigenvalue weighted by atomic mass is 35.5. The van der Waals surface area contributed by atoms with Crippen LogP contribution < -0.4 is 10.6 Å². The van der Waals surface area contributed by atoms with Crippen LogP contribution in [0.3, 0.4) is 0 Å². The molecule has 2 N–H and O–H groups in total. The van der Waals surface area contributed by atoms with Gasteiger partial charge in [0.2, 0.25) is 0 Å². The summed E-state index contributed by atoms with van der Waals surface area (Å²) >= 11 is 11.3. The van der Waals surface area contributed by atoms with E-state index in [4.69, 9.17) is 23.8 Å². The molecule has 0 aromatic heterocycles. The number of hydrogen-bond donors (Lipinski definition) is 2. The summed E-state index contributed by atoms with van der Waals surface area (Å²) in [6, 6.07) is 3.73. The van der Waals surface area contributed by atoms with Crippen molar-refractivity contribution in [3.63, 3.8) is 0 Å². The van der Waals surface area contributed by atoms with Crippen LogP contribution in [-0.2, 0) is 4.79 Å². The third-order valence-corrected chi connectivity index (χ3v) is 4.39. The van der Waals surface area contributed by atoms with Crippen LogP contribution in [0.25, 0.3) is 0 Å². The van der Waals surface area contributed by atoms with Crippen molar-refractivity contribution >= 4 is 34.8 Å². The second-order valence-corrected chi connectivity index (χ2v) is 6.00. The van der Waals surface area contributed by atoms with Crippen LogP contribution in [0.1, 0.15) is 32.4 Å². The van der Waals surface area contributed by atoms with Gasteiger partial charge >= 0.3 is 0 Å². The summed E-state index contributed by atoms with van der Waals surface area (Å²) in [6.45, 7) is 6.68. The molecule has 1 aromatic rings. The smallest absolute Gasteiger partial charge is 0.253 e. The van der Waals surface area contributed by atoms with Crippen molar-refractivity contribution in [3.8, 4) is 0 Å². The fourth-order valence-electron chi connectivity index (χ4n) is 2.66. The van der Waals surface area contributed by atoms with E-state index in [0.29, 0.717) is 29.5 Å². The van der Waals surface area contributed by atoms with E-state index in [-0.39, 0.29) is 16.5 Å². The first-order valence-corrected chi connectivity index (χ1v) is 8.20. The summed E-state index contributed by atoms with van der Waals surface area (Å²) < 4.78 is 14.4. The number of nitrogens with zero attached hydrogens (tertiary/aromatic N) is 1. The maximum Gasteiger partial charge on any atom is 0.253 e. The molecule has 124 valence electrons. The van der Waals surface area contributed by atoms with Crippen LogP contribution in [0, 0.1) is 5.82 Å². The van der Waals surface area contributed by atoms with Crippen LogP contribution >= 0.6 is 23.8 Å². The van der Waals surface area contributed by atoms with Gasteiger partial charge in [-0.25, -0.2) is 4.39 Å². The summed E-state index contributed by atoms with van der Waals surface area (Å²) in [7, 11) is 0. The second-order valence-electron chi connectivity index (χ2n) is 5.18. The van der Waals surface area contributed by atoms with E-state index >= 15 is 0 Å². The lowest BCUT2D eigenvalue weighted by Gasteiger charge is -2.33. The zero-order chi connectivity index (χ0) is 17.1. The molecule has 0 saturated heterocycles. The highest BCUT2D eigenvalue weighted by Gasteiger charge is 2.34. The first kappa shape index (κ1) is 17.7. The number of allylic oxidation sites excluding steroid dienone is 1. The number of halogens is 2. The molecular weight excluding hydrogens is 337 g/mol. The van der Waals surface area contributed by atoms with Gasteiger partial charge in [-0.3, -0.25) is 4.79 Å². The first-order valence-electron chi connectivity index (χ1n) is 7.42. The summed E-state index contributed by atoms with van der Waals surface area (Å²) in [5, 5.41) is 6.50. The van der Waals surface area contributed by atoms with E-state index in [1.54, 1.807) is 17.9 Å². The Labute approximate surface area is 145 Å². The number of hydrogen-bond acceptors (Lipinski definition) is 2. The number of carbonyl (C=O) groups excluding carboxylic acids is 1. The normalized spacial score (nSPS) is 17.6.